The molecule has 0 fully saturated rings. The van der Waals surface area contributed by atoms with Gasteiger partial charge in [-0.3, -0.25) is 10.2 Å². The number of fused-ring (bicyclic) bond motifs is 2. The van der Waals surface area contributed by atoms with Crippen LogP contribution in [-0.4, -0.2) is 38.1 Å². The van der Waals surface area contributed by atoms with Crippen molar-refractivity contribution >= 4 is 50.7 Å². The number of rotatable bonds is 7. The first-order chi connectivity index (χ1) is 17.7. The first kappa shape index (κ1) is 25.0. The van der Waals surface area contributed by atoms with Gasteiger partial charge in [-0.25, -0.2) is 0 Å². The van der Waals surface area contributed by atoms with Crippen molar-refractivity contribution in [3.63, 3.8) is 0 Å². The molecule has 0 unspecified atom stereocenters. The van der Waals surface area contributed by atoms with Gasteiger partial charge in [0, 0.05) is 22.7 Å². The number of hydrogen-bond acceptors (Lipinski definition) is 5. The van der Waals surface area contributed by atoms with Gasteiger partial charge in [-0.1, -0.05) is 58.0 Å². The van der Waals surface area contributed by atoms with E-state index in [2.05, 4.69) is 60.6 Å². The number of nitrogens with zero attached hydrogens (tertiary/aromatic N) is 4. The SMILES string of the molecule is CCCC1=NN2C(=N)/C(=C\c3cn(CCOc4ccc(C(C)(C)C)cc4)c4ccccc34)C(=O)N=C2S1. The number of amidine groups is 2. The summed E-state index contributed by atoms with van der Waals surface area (Å²) in [6.45, 7) is 9.82. The smallest absolute Gasteiger partial charge is 0.283 e. The van der Waals surface area contributed by atoms with Gasteiger partial charge >= 0.3 is 0 Å². The van der Waals surface area contributed by atoms with Gasteiger partial charge in [-0.15, -0.1) is 0 Å². The first-order valence-electron chi connectivity index (χ1n) is 12.5. The number of benzene rings is 2. The molecule has 1 aromatic heterocycles. The van der Waals surface area contributed by atoms with Gasteiger partial charge in [0.2, 0.25) is 5.17 Å². The Bertz CT molecular complexity index is 1460. The number of nitrogens with one attached hydrogen (secondary N) is 1. The third-order valence-electron chi connectivity index (χ3n) is 6.40. The molecule has 0 aliphatic carbocycles. The Balaban J connectivity index is 1.36. The summed E-state index contributed by atoms with van der Waals surface area (Å²) in [6.07, 6.45) is 5.52. The van der Waals surface area contributed by atoms with E-state index in [0.29, 0.717) is 18.3 Å². The number of thioether (sulfide) groups is 1. The monoisotopic (exact) mass is 513 g/mol. The molecule has 2 aliphatic rings. The number of ether oxygens (including phenoxy) is 1. The van der Waals surface area contributed by atoms with Crippen molar-refractivity contribution < 1.29 is 9.53 Å². The van der Waals surface area contributed by atoms with Gasteiger partial charge < -0.3 is 9.30 Å². The Morgan fingerprint density at radius 1 is 1.11 bits per heavy atom. The predicted molar refractivity (Wildman–Crippen MR) is 152 cm³/mol. The largest absolute Gasteiger partial charge is 0.492 e. The van der Waals surface area contributed by atoms with Gasteiger partial charge in [-0.05, 0) is 59.9 Å². The number of aliphatic imine (C=N–C) groups is 1. The zero-order valence-corrected chi connectivity index (χ0v) is 22.4. The molecule has 8 heteroatoms. The fraction of sp³-hybridized carbons (Fsp3) is 0.310. The zero-order valence-electron chi connectivity index (χ0n) is 21.6. The molecule has 3 aromatic rings. The molecule has 1 N–H and O–H groups in total. The van der Waals surface area contributed by atoms with Crippen molar-refractivity contribution in [1.29, 1.82) is 5.41 Å². The maximum Gasteiger partial charge on any atom is 0.283 e. The maximum absolute atomic E-state index is 12.9. The van der Waals surface area contributed by atoms with E-state index in [9.17, 15) is 4.79 Å². The van der Waals surface area contributed by atoms with Crippen LogP contribution in [0, 0.1) is 5.41 Å². The molecular weight excluding hydrogens is 482 g/mol. The molecule has 0 radical (unpaired) electrons. The summed E-state index contributed by atoms with van der Waals surface area (Å²) < 4.78 is 8.16. The molecular formula is C29H31N5O2S. The van der Waals surface area contributed by atoms with Crippen LogP contribution in [0.2, 0.25) is 0 Å². The highest BCUT2D eigenvalue weighted by atomic mass is 32.2. The quantitative estimate of drug-likeness (QED) is 0.369. The van der Waals surface area contributed by atoms with Crippen LogP contribution in [0.1, 0.15) is 51.7 Å². The van der Waals surface area contributed by atoms with Crippen LogP contribution in [0.5, 0.6) is 5.75 Å². The molecule has 1 amide bonds. The van der Waals surface area contributed by atoms with Crippen LogP contribution in [0.15, 0.2) is 70.4 Å². The van der Waals surface area contributed by atoms with Crippen molar-refractivity contribution in [2.24, 2.45) is 10.1 Å². The number of carbonyl (C=O) groups is 1. The Hall–Kier alpha value is -3.65. The molecule has 7 nitrogen and oxygen atoms in total. The van der Waals surface area contributed by atoms with Gasteiger partial charge in [0.1, 0.15) is 17.4 Å². The molecule has 5 rings (SSSR count). The van der Waals surface area contributed by atoms with E-state index < -0.39 is 5.91 Å². The summed E-state index contributed by atoms with van der Waals surface area (Å²) in [6, 6.07) is 16.3. The van der Waals surface area contributed by atoms with Crippen LogP contribution in [-0.2, 0) is 16.8 Å². The van der Waals surface area contributed by atoms with Crippen molar-refractivity contribution in [1.82, 2.24) is 9.58 Å². The van der Waals surface area contributed by atoms with E-state index in [1.807, 2.05) is 36.5 Å². The van der Waals surface area contributed by atoms with E-state index in [4.69, 9.17) is 10.1 Å². The second kappa shape index (κ2) is 10.0. The molecule has 0 atom stereocenters. The average Bonchev–Trinajstić information content (AvgIpc) is 3.43. The van der Waals surface area contributed by atoms with Gasteiger partial charge in [0.25, 0.3) is 5.91 Å². The Morgan fingerprint density at radius 3 is 2.59 bits per heavy atom. The average molecular weight is 514 g/mol. The Labute approximate surface area is 221 Å². The molecule has 0 spiro atoms. The molecule has 3 heterocycles. The van der Waals surface area contributed by atoms with Crippen LogP contribution >= 0.6 is 11.8 Å². The fourth-order valence-corrected chi connectivity index (χ4v) is 5.38. The van der Waals surface area contributed by atoms with Crippen molar-refractivity contribution in [3.8, 4) is 5.75 Å². The summed E-state index contributed by atoms with van der Waals surface area (Å²) in [5.74, 6) is 0.497. The molecule has 37 heavy (non-hydrogen) atoms. The summed E-state index contributed by atoms with van der Waals surface area (Å²) in [7, 11) is 0. The van der Waals surface area contributed by atoms with E-state index in [1.165, 1.54) is 22.3 Å². The lowest BCUT2D eigenvalue weighted by atomic mass is 9.87. The minimum atomic E-state index is -0.407. The van der Waals surface area contributed by atoms with Crippen molar-refractivity contribution in [2.75, 3.05) is 6.61 Å². The zero-order chi connectivity index (χ0) is 26.2. The minimum absolute atomic E-state index is 0.0625. The van der Waals surface area contributed by atoms with E-state index in [1.54, 1.807) is 6.08 Å². The normalized spacial score (nSPS) is 16.9. The molecule has 0 bridgehead atoms. The number of hydrogen-bond donors (Lipinski definition) is 1. The van der Waals surface area contributed by atoms with Crippen LogP contribution in [0.25, 0.3) is 17.0 Å². The molecule has 0 saturated carbocycles. The van der Waals surface area contributed by atoms with Crippen LogP contribution in [0.4, 0.5) is 0 Å². The second-order valence-electron chi connectivity index (χ2n) is 10.2. The molecule has 0 saturated heterocycles. The summed E-state index contributed by atoms with van der Waals surface area (Å²) >= 11 is 1.37. The topological polar surface area (TPSA) is 83.0 Å². The van der Waals surface area contributed by atoms with Crippen molar-refractivity contribution in [2.45, 2.75) is 52.5 Å². The van der Waals surface area contributed by atoms with Crippen molar-refractivity contribution in [3.05, 3.63) is 71.4 Å². The summed E-state index contributed by atoms with van der Waals surface area (Å²) in [4.78, 5) is 17.1. The van der Waals surface area contributed by atoms with E-state index in [0.717, 1.165) is 40.1 Å². The first-order valence-corrected chi connectivity index (χ1v) is 13.4. The van der Waals surface area contributed by atoms with Crippen LogP contribution in [0.3, 0.4) is 0 Å². The predicted octanol–water partition coefficient (Wildman–Crippen LogP) is 6.44. The molecule has 2 aliphatic heterocycles. The number of hydrazone groups is 1. The highest BCUT2D eigenvalue weighted by Gasteiger charge is 2.35. The van der Waals surface area contributed by atoms with Crippen LogP contribution < -0.4 is 4.74 Å². The third-order valence-corrected chi connectivity index (χ3v) is 7.37. The van der Waals surface area contributed by atoms with Gasteiger partial charge in [0.15, 0.2) is 5.84 Å². The standard InChI is InChI=1S/C29H31N5O2S/c1-5-8-25-32-34-26(30)23(27(35)31-28(34)37-25)17-19-18-33(24-10-7-6-9-22(19)24)15-16-36-21-13-11-20(12-14-21)29(2,3)4/h6-7,9-14,17-18,30H,5,8,15-16H2,1-4H3/b23-17+,30-26?. The molecule has 2 aromatic carbocycles. The van der Waals surface area contributed by atoms with E-state index in [-0.39, 0.29) is 16.8 Å². The number of carbonyl (C=O) groups excluding carboxylic acids is 1. The Morgan fingerprint density at radius 2 is 1.86 bits per heavy atom. The van der Waals surface area contributed by atoms with Gasteiger partial charge in [-0.2, -0.15) is 15.1 Å². The number of para-hydroxylation sites is 1. The summed E-state index contributed by atoms with van der Waals surface area (Å²) in [5.41, 5.74) is 3.52. The lowest BCUT2D eigenvalue weighted by Crippen LogP contribution is -2.35. The lowest BCUT2D eigenvalue weighted by Gasteiger charge is -2.20. The Kier molecular flexibility index (Phi) is 6.77. The fourth-order valence-electron chi connectivity index (χ4n) is 4.39. The third kappa shape index (κ3) is 5.11. The second-order valence-corrected chi connectivity index (χ2v) is 11.2. The summed E-state index contributed by atoms with van der Waals surface area (Å²) in [5, 5.41) is 17.0. The van der Waals surface area contributed by atoms with Gasteiger partial charge in [0.05, 0.1) is 12.1 Å². The highest BCUT2D eigenvalue weighted by molar-refractivity contribution is 8.26. The molecule has 190 valence electrons. The maximum atomic E-state index is 12.9. The minimum Gasteiger partial charge on any atom is -0.492 e. The van der Waals surface area contributed by atoms with E-state index >= 15 is 0 Å². The highest BCUT2D eigenvalue weighted by Crippen LogP contribution is 2.31. The number of aromatic nitrogens is 1. The lowest BCUT2D eigenvalue weighted by molar-refractivity contribution is -0.114. The number of amides is 1.